The number of aromatic nitrogens is 3. The maximum atomic E-state index is 13.5. The Balaban J connectivity index is 2.03. The molecule has 0 spiro atoms. The van der Waals surface area contributed by atoms with E-state index in [9.17, 15) is 10.1 Å². The summed E-state index contributed by atoms with van der Waals surface area (Å²) in [6.07, 6.45) is 2.30. The fourth-order valence-electron chi connectivity index (χ4n) is 4.51. The van der Waals surface area contributed by atoms with Crippen molar-refractivity contribution in [1.82, 2.24) is 15.2 Å². The van der Waals surface area contributed by atoms with Crippen LogP contribution in [0.2, 0.25) is 0 Å². The van der Waals surface area contributed by atoms with E-state index in [4.69, 9.17) is 15.2 Å². The highest BCUT2D eigenvalue weighted by Gasteiger charge is 2.46. The number of aromatic amines is 1. The number of ketones is 1. The van der Waals surface area contributed by atoms with Crippen LogP contribution in [0.4, 0.5) is 5.95 Å². The molecule has 1 atom stereocenters. The van der Waals surface area contributed by atoms with E-state index in [1.165, 1.54) is 13.4 Å². The number of benzene rings is 1. The number of carbonyl (C=O) groups excluding carboxylic acids is 1. The van der Waals surface area contributed by atoms with Crippen LogP contribution < -0.4 is 20.1 Å². The summed E-state index contributed by atoms with van der Waals surface area (Å²) in [6, 6.07) is 7.63. The number of nitrogens with one attached hydrogen (secondary N) is 1. The minimum atomic E-state index is -0.673. The Kier molecular flexibility index (Phi) is 4.93. The number of nitriles is 1. The van der Waals surface area contributed by atoms with E-state index in [2.05, 4.69) is 21.3 Å². The summed E-state index contributed by atoms with van der Waals surface area (Å²) in [5.41, 5.74) is 8.39. The fourth-order valence-corrected chi connectivity index (χ4v) is 4.51. The molecule has 1 aliphatic heterocycles. The molecule has 31 heavy (non-hydrogen) atoms. The van der Waals surface area contributed by atoms with Crippen LogP contribution in [0.5, 0.6) is 11.5 Å². The second-order valence-electron chi connectivity index (χ2n) is 8.37. The Bertz CT molecular complexity index is 1140. The molecule has 160 valence electrons. The van der Waals surface area contributed by atoms with Crippen molar-refractivity contribution < 1.29 is 14.3 Å². The largest absolute Gasteiger partial charge is 0.493 e. The standard InChI is InChI=1S/C22H24N6O3/c1-22(2)8-14-18(15(29)9-22)17(12-6-5-7-16(30-3)19(12)31-4)13(10-23)20(24)28(14)21-25-11-26-27-21/h5-7,11,17H,8-9,24H2,1-4H3,(H,25,26,27)/t17-/m0/s1. The van der Waals surface area contributed by atoms with Crippen molar-refractivity contribution in [2.45, 2.75) is 32.6 Å². The third-order valence-electron chi connectivity index (χ3n) is 5.74. The van der Waals surface area contributed by atoms with Crippen LogP contribution in [-0.2, 0) is 4.79 Å². The Morgan fingerprint density at radius 2 is 2.06 bits per heavy atom. The summed E-state index contributed by atoms with van der Waals surface area (Å²) in [6.45, 7) is 4.07. The number of anilines is 1. The van der Waals surface area contributed by atoms with E-state index < -0.39 is 5.92 Å². The normalized spacial score (nSPS) is 20.4. The molecule has 0 radical (unpaired) electrons. The highest BCUT2D eigenvalue weighted by molar-refractivity contribution is 6.01. The Labute approximate surface area is 180 Å². The maximum absolute atomic E-state index is 13.5. The Morgan fingerprint density at radius 3 is 2.68 bits per heavy atom. The lowest BCUT2D eigenvalue weighted by Crippen LogP contribution is -2.42. The lowest BCUT2D eigenvalue weighted by atomic mass is 9.68. The van der Waals surface area contributed by atoms with Gasteiger partial charge in [-0.05, 0) is 17.9 Å². The summed E-state index contributed by atoms with van der Waals surface area (Å²) >= 11 is 0. The molecule has 2 aliphatic rings. The molecule has 9 nitrogen and oxygen atoms in total. The molecule has 1 aromatic heterocycles. The first-order valence-corrected chi connectivity index (χ1v) is 9.85. The third-order valence-corrected chi connectivity index (χ3v) is 5.74. The predicted molar refractivity (Wildman–Crippen MR) is 113 cm³/mol. The van der Waals surface area contributed by atoms with Crippen LogP contribution in [0, 0.1) is 16.7 Å². The van der Waals surface area contributed by atoms with Gasteiger partial charge in [0, 0.05) is 23.3 Å². The van der Waals surface area contributed by atoms with Crippen molar-refractivity contribution in [3.8, 4) is 17.6 Å². The van der Waals surface area contributed by atoms with Gasteiger partial charge in [0.2, 0.25) is 5.95 Å². The average molecular weight is 420 g/mol. The molecule has 1 aliphatic carbocycles. The van der Waals surface area contributed by atoms with Gasteiger partial charge in [-0.2, -0.15) is 15.3 Å². The third kappa shape index (κ3) is 3.20. The van der Waals surface area contributed by atoms with E-state index in [0.717, 1.165) is 0 Å². The molecule has 0 fully saturated rings. The molecule has 0 saturated heterocycles. The summed E-state index contributed by atoms with van der Waals surface area (Å²) in [5, 5.41) is 16.8. The molecule has 2 heterocycles. The lowest BCUT2D eigenvalue weighted by molar-refractivity contribution is -0.118. The van der Waals surface area contributed by atoms with E-state index in [1.54, 1.807) is 18.1 Å². The van der Waals surface area contributed by atoms with Gasteiger partial charge < -0.3 is 15.2 Å². The summed E-state index contributed by atoms with van der Waals surface area (Å²) < 4.78 is 11.1. The van der Waals surface area contributed by atoms with Crippen LogP contribution in [0.1, 0.15) is 38.2 Å². The fraction of sp³-hybridized carbons (Fsp3) is 0.364. The van der Waals surface area contributed by atoms with Gasteiger partial charge in [-0.3, -0.25) is 9.69 Å². The van der Waals surface area contributed by atoms with Gasteiger partial charge >= 0.3 is 0 Å². The number of carbonyl (C=O) groups is 1. The number of hydrogen-bond donors (Lipinski definition) is 2. The summed E-state index contributed by atoms with van der Waals surface area (Å²) in [4.78, 5) is 19.4. The van der Waals surface area contributed by atoms with Gasteiger partial charge in [-0.25, -0.2) is 5.10 Å². The van der Waals surface area contributed by atoms with Crippen LogP contribution in [-0.4, -0.2) is 35.2 Å². The van der Waals surface area contributed by atoms with Gasteiger partial charge in [0.15, 0.2) is 17.3 Å². The minimum Gasteiger partial charge on any atom is -0.493 e. The minimum absolute atomic E-state index is 0.0362. The summed E-state index contributed by atoms with van der Waals surface area (Å²) in [5.74, 6) is 0.837. The van der Waals surface area contributed by atoms with Crippen molar-refractivity contribution in [3.63, 3.8) is 0 Å². The molecular weight excluding hydrogens is 396 g/mol. The monoisotopic (exact) mass is 420 g/mol. The molecular formula is C22H24N6O3. The zero-order valence-corrected chi connectivity index (χ0v) is 17.9. The van der Waals surface area contributed by atoms with E-state index in [1.807, 2.05) is 26.0 Å². The van der Waals surface area contributed by atoms with Crippen LogP contribution in [0.25, 0.3) is 0 Å². The molecule has 2 aromatic rings. The zero-order chi connectivity index (χ0) is 22.3. The number of ether oxygens (including phenoxy) is 2. The van der Waals surface area contributed by atoms with Gasteiger partial charge in [-0.1, -0.05) is 26.0 Å². The first-order chi connectivity index (χ1) is 14.8. The second-order valence-corrected chi connectivity index (χ2v) is 8.37. The van der Waals surface area contributed by atoms with Gasteiger partial charge in [0.25, 0.3) is 0 Å². The first-order valence-electron chi connectivity index (χ1n) is 9.85. The molecule has 0 amide bonds. The zero-order valence-electron chi connectivity index (χ0n) is 17.9. The number of Topliss-reactive ketones (excluding diaryl/α,β-unsaturated/α-hetero) is 1. The Hall–Kier alpha value is -3.80. The molecule has 0 saturated carbocycles. The smallest absolute Gasteiger partial charge is 0.231 e. The highest BCUT2D eigenvalue weighted by atomic mass is 16.5. The predicted octanol–water partition coefficient (Wildman–Crippen LogP) is 2.76. The van der Waals surface area contributed by atoms with Gasteiger partial charge in [-0.15, -0.1) is 0 Å². The van der Waals surface area contributed by atoms with E-state index in [-0.39, 0.29) is 22.6 Å². The second kappa shape index (κ2) is 7.47. The molecule has 0 bridgehead atoms. The van der Waals surface area contributed by atoms with E-state index in [0.29, 0.717) is 47.1 Å². The number of hydrogen-bond acceptors (Lipinski definition) is 8. The number of methoxy groups -OCH3 is 2. The SMILES string of the molecule is COc1cccc([C@H]2C(C#N)=C(N)N(c3ncn[nH]3)C3=C2C(=O)CC(C)(C)C3)c1OC. The van der Waals surface area contributed by atoms with Gasteiger partial charge in [0.05, 0.1) is 31.8 Å². The van der Waals surface area contributed by atoms with Gasteiger partial charge in [0.1, 0.15) is 12.1 Å². The maximum Gasteiger partial charge on any atom is 0.231 e. The highest BCUT2D eigenvalue weighted by Crippen LogP contribution is 2.52. The average Bonchev–Trinajstić information content (AvgIpc) is 3.25. The van der Waals surface area contributed by atoms with Crippen LogP contribution in [0.3, 0.4) is 0 Å². The van der Waals surface area contributed by atoms with Crippen LogP contribution >= 0.6 is 0 Å². The number of nitrogens with zero attached hydrogens (tertiary/aromatic N) is 4. The van der Waals surface area contributed by atoms with E-state index >= 15 is 0 Å². The Morgan fingerprint density at radius 1 is 1.29 bits per heavy atom. The number of allylic oxidation sites excluding steroid dienone is 3. The first kappa shape index (κ1) is 20.5. The van der Waals surface area contributed by atoms with Crippen molar-refractivity contribution in [2.75, 3.05) is 19.1 Å². The number of H-pyrrole nitrogens is 1. The number of rotatable bonds is 4. The molecule has 4 rings (SSSR count). The lowest BCUT2D eigenvalue weighted by Gasteiger charge is -2.42. The van der Waals surface area contributed by atoms with Crippen molar-refractivity contribution in [1.29, 1.82) is 5.26 Å². The molecule has 3 N–H and O–H groups in total. The van der Waals surface area contributed by atoms with Crippen molar-refractivity contribution >= 4 is 11.7 Å². The van der Waals surface area contributed by atoms with Crippen molar-refractivity contribution in [2.24, 2.45) is 11.1 Å². The van der Waals surface area contributed by atoms with Crippen LogP contribution in [0.15, 0.2) is 47.2 Å². The van der Waals surface area contributed by atoms with Crippen molar-refractivity contribution in [3.05, 3.63) is 52.8 Å². The molecule has 1 aromatic carbocycles. The quantitative estimate of drug-likeness (QED) is 0.772. The number of nitrogens with two attached hydrogens (primary N) is 1. The molecule has 9 heteroatoms. The number of para-hydroxylation sites is 1. The summed E-state index contributed by atoms with van der Waals surface area (Å²) in [7, 11) is 3.08. The molecule has 0 unspecified atom stereocenters. The topological polar surface area (TPSA) is 130 Å².